The van der Waals surface area contributed by atoms with E-state index < -0.39 is 0 Å². The van der Waals surface area contributed by atoms with E-state index in [2.05, 4.69) is 64.6 Å². The van der Waals surface area contributed by atoms with Crippen LogP contribution < -0.4 is 5.32 Å². The number of hydrogen-bond acceptors (Lipinski definition) is 1. The molecule has 2 heteroatoms. The minimum atomic E-state index is 1.06. The third-order valence-corrected chi connectivity index (χ3v) is 4.21. The zero-order valence-corrected chi connectivity index (χ0v) is 11.3. The molecule has 1 heterocycles. The number of anilines is 1. The standard InChI is InChI=1S/C15H14BrN/c1-10-9-12(5-6-14(10)16)13-4-2-3-11-7-8-17-15(11)13/h2-6,9,17H,7-8H2,1H3. The van der Waals surface area contributed by atoms with Gasteiger partial charge >= 0.3 is 0 Å². The van der Waals surface area contributed by atoms with Crippen molar-refractivity contribution < 1.29 is 0 Å². The highest BCUT2D eigenvalue weighted by Gasteiger charge is 2.14. The number of hydrogen-bond donors (Lipinski definition) is 1. The summed E-state index contributed by atoms with van der Waals surface area (Å²) in [5.74, 6) is 0. The van der Waals surface area contributed by atoms with Gasteiger partial charge in [-0.1, -0.05) is 46.3 Å². The van der Waals surface area contributed by atoms with Crippen molar-refractivity contribution in [3.05, 3.63) is 52.0 Å². The van der Waals surface area contributed by atoms with Gasteiger partial charge in [0, 0.05) is 22.3 Å². The minimum Gasteiger partial charge on any atom is -0.384 e. The van der Waals surface area contributed by atoms with Crippen LogP contribution in [0.15, 0.2) is 40.9 Å². The van der Waals surface area contributed by atoms with Crippen molar-refractivity contribution >= 4 is 21.6 Å². The van der Waals surface area contributed by atoms with Crippen molar-refractivity contribution in [3.8, 4) is 11.1 Å². The maximum Gasteiger partial charge on any atom is 0.0453 e. The molecule has 0 aliphatic carbocycles. The molecule has 0 radical (unpaired) electrons. The van der Waals surface area contributed by atoms with Crippen LogP contribution in [0.2, 0.25) is 0 Å². The van der Waals surface area contributed by atoms with Gasteiger partial charge in [-0.05, 0) is 36.1 Å². The molecule has 86 valence electrons. The zero-order valence-electron chi connectivity index (χ0n) is 9.76. The van der Waals surface area contributed by atoms with Crippen LogP contribution in [0.1, 0.15) is 11.1 Å². The van der Waals surface area contributed by atoms with Crippen LogP contribution >= 0.6 is 15.9 Å². The molecule has 17 heavy (non-hydrogen) atoms. The van der Waals surface area contributed by atoms with Gasteiger partial charge in [-0.3, -0.25) is 0 Å². The fourth-order valence-corrected chi connectivity index (χ4v) is 2.64. The molecule has 1 aliphatic heterocycles. The third-order valence-electron chi connectivity index (χ3n) is 3.32. The highest BCUT2D eigenvalue weighted by molar-refractivity contribution is 9.10. The van der Waals surface area contributed by atoms with Crippen LogP contribution in [-0.2, 0) is 6.42 Å². The van der Waals surface area contributed by atoms with E-state index in [4.69, 9.17) is 0 Å². The molecule has 2 aromatic carbocycles. The van der Waals surface area contributed by atoms with E-state index in [1.54, 1.807) is 0 Å². The Balaban J connectivity index is 2.15. The monoisotopic (exact) mass is 287 g/mol. The molecule has 1 N–H and O–H groups in total. The van der Waals surface area contributed by atoms with Gasteiger partial charge in [0.25, 0.3) is 0 Å². The van der Waals surface area contributed by atoms with Crippen molar-refractivity contribution in [2.75, 3.05) is 11.9 Å². The average molecular weight is 288 g/mol. The van der Waals surface area contributed by atoms with Gasteiger partial charge in [-0.25, -0.2) is 0 Å². The molecule has 3 rings (SSSR count). The van der Waals surface area contributed by atoms with Gasteiger partial charge in [0.15, 0.2) is 0 Å². The fourth-order valence-electron chi connectivity index (χ4n) is 2.39. The summed E-state index contributed by atoms with van der Waals surface area (Å²) in [5, 5.41) is 3.49. The summed E-state index contributed by atoms with van der Waals surface area (Å²) in [4.78, 5) is 0. The predicted octanol–water partition coefficient (Wildman–Crippen LogP) is 4.39. The Morgan fingerprint density at radius 1 is 1.18 bits per heavy atom. The molecule has 0 aromatic heterocycles. The van der Waals surface area contributed by atoms with E-state index >= 15 is 0 Å². The summed E-state index contributed by atoms with van der Waals surface area (Å²) >= 11 is 3.55. The van der Waals surface area contributed by atoms with E-state index in [1.807, 2.05) is 0 Å². The molecule has 0 saturated heterocycles. The molecule has 0 fully saturated rings. The van der Waals surface area contributed by atoms with Gasteiger partial charge in [-0.2, -0.15) is 0 Å². The average Bonchev–Trinajstić information content (AvgIpc) is 2.80. The molecule has 0 unspecified atom stereocenters. The second kappa shape index (κ2) is 4.19. The first-order valence-corrected chi connectivity index (χ1v) is 6.67. The summed E-state index contributed by atoms with van der Waals surface area (Å²) < 4.78 is 1.17. The molecular formula is C15H14BrN. The summed E-state index contributed by atoms with van der Waals surface area (Å²) in [5.41, 5.74) is 6.63. The van der Waals surface area contributed by atoms with Gasteiger partial charge < -0.3 is 5.32 Å². The Hall–Kier alpha value is -1.28. The van der Waals surface area contributed by atoms with E-state index in [-0.39, 0.29) is 0 Å². The smallest absolute Gasteiger partial charge is 0.0453 e. The molecule has 0 spiro atoms. The molecule has 0 atom stereocenters. The Bertz CT molecular complexity index is 575. The van der Waals surface area contributed by atoms with Crippen LogP contribution in [-0.4, -0.2) is 6.54 Å². The van der Waals surface area contributed by atoms with Crippen molar-refractivity contribution in [1.82, 2.24) is 0 Å². The quantitative estimate of drug-likeness (QED) is 0.820. The van der Waals surface area contributed by atoms with Crippen molar-refractivity contribution in [2.24, 2.45) is 0 Å². The normalized spacial score (nSPS) is 13.3. The Morgan fingerprint density at radius 3 is 2.88 bits per heavy atom. The zero-order chi connectivity index (χ0) is 11.8. The van der Waals surface area contributed by atoms with Crippen LogP contribution in [0.25, 0.3) is 11.1 Å². The first kappa shape index (κ1) is 10.8. The maximum absolute atomic E-state index is 3.55. The SMILES string of the molecule is Cc1cc(-c2cccc3c2NCC3)ccc1Br. The number of fused-ring (bicyclic) bond motifs is 1. The Morgan fingerprint density at radius 2 is 2.06 bits per heavy atom. The number of para-hydroxylation sites is 1. The summed E-state index contributed by atoms with van der Waals surface area (Å²) in [6, 6.07) is 13.1. The van der Waals surface area contributed by atoms with Crippen molar-refractivity contribution in [1.29, 1.82) is 0 Å². The number of aryl methyl sites for hydroxylation is 1. The first-order valence-electron chi connectivity index (χ1n) is 5.88. The maximum atomic E-state index is 3.55. The van der Waals surface area contributed by atoms with E-state index in [0.29, 0.717) is 0 Å². The Kier molecular flexibility index (Phi) is 2.67. The van der Waals surface area contributed by atoms with Crippen molar-refractivity contribution in [3.63, 3.8) is 0 Å². The van der Waals surface area contributed by atoms with Crippen molar-refractivity contribution in [2.45, 2.75) is 13.3 Å². The van der Waals surface area contributed by atoms with Gasteiger partial charge in [0.2, 0.25) is 0 Å². The van der Waals surface area contributed by atoms with E-state index in [0.717, 1.165) is 13.0 Å². The van der Waals surface area contributed by atoms with Crippen LogP contribution in [0.5, 0.6) is 0 Å². The number of rotatable bonds is 1. The summed E-state index contributed by atoms with van der Waals surface area (Å²) in [6.07, 6.45) is 1.14. The topological polar surface area (TPSA) is 12.0 Å². The Labute approximate surface area is 110 Å². The lowest BCUT2D eigenvalue weighted by Crippen LogP contribution is -1.93. The van der Waals surface area contributed by atoms with Crippen LogP contribution in [0, 0.1) is 6.92 Å². The highest BCUT2D eigenvalue weighted by atomic mass is 79.9. The number of nitrogens with one attached hydrogen (secondary N) is 1. The second-order valence-electron chi connectivity index (χ2n) is 4.48. The number of benzene rings is 2. The first-order chi connectivity index (χ1) is 8.25. The van der Waals surface area contributed by atoms with Crippen LogP contribution in [0.4, 0.5) is 5.69 Å². The predicted molar refractivity (Wildman–Crippen MR) is 76.5 cm³/mol. The minimum absolute atomic E-state index is 1.06. The van der Waals surface area contributed by atoms with Gasteiger partial charge in [-0.15, -0.1) is 0 Å². The summed E-state index contributed by atoms with van der Waals surface area (Å²) in [7, 11) is 0. The largest absolute Gasteiger partial charge is 0.384 e. The molecule has 0 bridgehead atoms. The molecular weight excluding hydrogens is 274 g/mol. The lowest BCUT2D eigenvalue weighted by molar-refractivity contribution is 1.11. The lowest BCUT2D eigenvalue weighted by Gasteiger charge is -2.10. The lowest BCUT2D eigenvalue weighted by atomic mass is 9.99. The fraction of sp³-hybridized carbons (Fsp3) is 0.200. The molecule has 2 aromatic rings. The second-order valence-corrected chi connectivity index (χ2v) is 5.33. The van der Waals surface area contributed by atoms with Crippen LogP contribution in [0.3, 0.4) is 0 Å². The van der Waals surface area contributed by atoms with E-state index in [1.165, 1.54) is 32.4 Å². The highest BCUT2D eigenvalue weighted by Crippen LogP contribution is 2.35. The molecule has 0 saturated carbocycles. The molecule has 0 amide bonds. The molecule has 1 aliphatic rings. The summed E-state index contributed by atoms with van der Waals surface area (Å²) in [6.45, 7) is 3.19. The molecule has 1 nitrogen and oxygen atoms in total. The van der Waals surface area contributed by atoms with Gasteiger partial charge in [0.05, 0.1) is 0 Å². The van der Waals surface area contributed by atoms with E-state index in [9.17, 15) is 0 Å². The van der Waals surface area contributed by atoms with Gasteiger partial charge in [0.1, 0.15) is 0 Å². The number of halogens is 1. The third kappa shape index (κ3) is 1.87.